The van der Waals surface area contributed by atoms with Crippen LogP contribution in [0.5, 0.6) is 17.2 Å². The quantitative estimate of drug-likeness (QED) is 0.553. The molecule has 0 spiro atoms. The smallest absolute Gasteiger partial charge is 0.160 e. The number of thiol groups is 1. The zero-order chi connectivity index (χ0) is 20.0. The molecule has 0 fully saturated rings. The van der Waals surface area contributed by atoms with Crippen molar-refractivity contribution in [1.29, 1.82) is 0 Å². The third-order valence-corrected chi connectivity index (χ3v) is 5.56. The Labute approximate surface area is 169 Å². The van der Waals surface area contributed by atoms with Crippen LogP contribution < -0.4 is 14.2 Å². The Balaban J connectivity index is 2.06. The first-order valence-electron chi connectivity index (χ1n) is 9.45. The topological polar surface area (TPSA) is 27.7 Å². The fourth-order valence-electron chi connectivity index (χ4n) is 3.38. The van der Waals surface area contributed by atoms with E-state index in [-0.39, 0.29) is 5.25 Å². The number of ether oxygens (including phenoxy) is 3. The van der Waals surface area contributed by atoms with Gasteiger partial charge in [-0.15, -0.1) is 0 Å². The predicted molar refractivity (Wildman–Crippen MR) is 116 cm³/mol. The molecule has 0 aromatic heterocycles. The molecular weight excluding hydrogens is 356 g/mol. The lowest BCUT2D eigenvalue weighted by Gasteiger charge is -2.21. The van der Waals surface area contributed by atoms with Gasteiger partial charge in [0.15, 0.2) is 11.5 Å². The van der Waals surface area contributed by atoms with Crippen molar-refractivity contribution < 1.29 is 14.2 Å². The minimum atomic E-state index is 0.162. The Bertz CT molecular complexity index is 742. The van der Waals surface area contributed by atoms with Crippen LogP contribution >= 0.6 is 12.6 Å². The number of hydrogen-bond acceptors (Lipinski definition) is 4. The summed E-state index contributed by atoms with van der Waals surface area (Å²) in [5, 5.41) is 0.162. The van der Waals surface area contributed by atoms with Gasteiger partial charge in [0.1, 0.15) is 5.75 Å². The summed E-state index contributed by atoms with van der Waals surface area (Å²) in [6.45, 7) is 6.68. The van der Waals surface area contributed by atoms with Gasteiger partial charge < -0.3 is 14.2 Å². The first kappa shape index (κ1) is 21.5. The Kier molecular flexibility index (Phi) is 7.91. The second-order valence-electron chi connectivity index (χ2n) is 7.30. The van der Waals surface area contributed by atoms with E-state index in [9.17, 15) is 0 Å². The standard InChI is InChI=1S/C23H32O3S/c1-15(11-18-7-9-20(17(3)27)22(13-18)25-5)16(2)12-19-8-10-21(24-4)23(14-19)26-6/h7-10,13-17,27H,11-12H2,1-6H3. The highest BCUT2D eigenvalue weighted by Gasteiger charge is 2.16. The molecule has 0 aliphatic heterocycles. The third kappa shape index (κ3) is 5.58. The fourth-order valence-corrected chi connectivity index (χ4v) is 3.59. The molecule has 2 aromatic rings. The molecule has 0 N–H and O–H groups in total. The maximum absolute atomic E-state index is 5.56. The fraction of sp³-hybridized carbons (Fsp3) is 0.478. The van der Waals surface area contributed by atoms with Crippen molar-refractivity contribution in [2.75, 3.05) is 21.3 Å². The van der Waals surface area contributed by atoms with Gasteiger partial charge in [0, 0.05) is 10.8 Å². The summed E-state index contributed by atoms with van der Waals surface area (Å²) in [6, 6.07) is 12.7. The lowest BCUT2D eigenvalue weighted by atomic mass is 9.85. The van der Waals surface area contributed by atoms with Gasteiger partial charge in [0.05, 0.1) is 21.3 Å². The van der Waals surface area contributed by atoms with Crippen molar-refractivity contribution >= 4 is 12.6 Å². The average Bonchev–Trinajstić information content (AvgIpc) is 2.67. The molecule has 0 aliphatic rings. The van der Waals surface area contributed by atoms with E-state index in [2.05, 4.69) is 63.7 Å². The van der Waals surface area contributed by atoms with Gasteiger partial charge in [-0.2, -0.15) is 12.6 Å². The maximum Gasteiger partial charge on any atom is 0.160 e. The van der Waals surface area contributed by atoms with Crippen LogP contribution in [0.15, 0.2) is 36.4 Å². The van der Waals surface area contributed by atoms with E-state index in [1.807, 2.05) is 6.07 Å². The van der Waals surface area contributed by atoms with Gasteiger partial charge >= 0.3 is 0 Å². The molecule has 27 heavy (non-hydrogen) atoms. The summed E-state index contributed by atoms with van der Waals surface area (Å²) in [6.07, 6.45) is 2.02. The molecule has 148 valence electrons. The number of benzene rings is 2. The van der Waals surface area contributed by atoms with Crippen molar-refractivity contribution in [1.82, 2.24) is 0 Å². The van der Waals surface area contributed by atoms with Gasteiger partial charge in [-0.3, -0.25) is 0 Å². The minimum Gasteiger partial charge on any atom is -0.496 e. The van der Waals surface area contributed by atoms with Crippen LogP contribution in [0.25, 0.3) is 0 Å². The molecule has 0 amide bonds. The summed E-state index contributed by atoms with van der Waals surface area (Å²) in [5.74, 6) is 3.57. The van der Waals surface area contributed by atoms with Crippen LogP contribution in [0.2, 0.25) is 0 Å². The highest BCUT2D eigenvalue weighted by Crippen LogP contribution is 2.32. The molecular formula is C23H32O3S. The Hall–Kier alpha value is -1.81. The van der Waals surface area contributed by atoms with E-state index in [4.69, 9.17) is 14.2 Å². The monoisotopic (exact) mass is 388 g/mol. The number of hydrogen-bond donors (Lipinski definition) is 1. The molecule has 2 rings (SSSR count). The van der Waals surface area contributed by atoms with E-state index in [1.54, 1.807) is 21.3 Å². The van der Waals surface area contributed by atoms with E-state index in [0.717, 1.165) is 35.7 Å². The SMILES string of the molecule is COc1ccc(CC(C)C(C)Cc2ccc(C(C)S)c(OC)c2)cc1OC. The van der Waals surface area contributed by atoms with Crippen LogP contribution in [-0.4, -0.2) is 21.3 Å². The third-order valence-electron chi connectivity index (χ3n) is 5.28. The molecule has 0 heterocycles. The molecule has 3 unspecified atom stereocenters. The van der Waals surface area contributed by atoms with E-state index < -0.39 is 0 Å². The highest BCUT2D eigenvalue weighted by molar-refractivity contribution is 7.80. The molecule has 0 saturated carbocycles. The van der Waals surface area contributed by atoms with Crippen LogP contribution in [-0.2, 0) is 12.8 Å². The van der Waals surface area contributed by atoms with Crippen molar-refractivity contribution in [2.45, 2.75) is 38.9 Å². The average molecular weight is 389 g/mol. The molecule has 0 bridgehead atoms. The first-order chi connectivity index (χ1) is 12.9. The lowest BCUT2D eigenvalue weighted by molar-refractivity contribution is 0.352. The van der Waals surface area contributed by atoms with Gasteiger partial charge in [-0.1, -0.05) is 32.0 Å². The largest absolute Gasteiger partial charge is 0.496 e. The van der Waals surface area contributed by atoms with Crippen molar-refractivity contribution in [3.8, 4) is 17.2 Å². The summed E-state index contributed by atoms with van der Waals surface area (Å²) in [7, 11) is 5.06. The molecule has 3 atom stereocenters. The second-order valence-corrected chi connectivity index (χ2v) is 8.08. The van der Waals surface area contributed by atoms with Crippen molar-refractivity contribution in [3.05, 3.63) is 53.1 Å². The van der Waals surface area contributed by atoms with Crippen LogP contribution in [0.3, 0.4) is 0 Å². The van der Waals surface area contributed by atoms with E-state index in [0.29, 0.717) is 11.8 Å². The summed E-state index contributed by atoms with van der Waals surface area (Å²) >= 11 is 4.53. The molecule has 4 heteroatoms. The summed E-state index contributed by atoms with van der Waals surface area (Å²) < 4.78 is 16.3. The van der Waals surface area contributed by atoms with Crippen molar-refractivity contribution in [2.24, 2.45) is 11.8 Å². The van der Waals surface area contributed by atoms with Gasteiger partial charge in [0.2, 0.25) is 0 Å². The van der Waals surface area contributed by atoms with Crippen LogP contribution in [0, 0.1) is 11.8 Å². The Morgan fingerprint density at radius 2 is 1.19 bits per heavy atom. The lowest BCUT2D eigenvalue weighted by Crippen LogP contribution is -2.14. The number of methoxy groups -OCH3 is 3. The molecule has 2 aromatic carbocycles. The normalized spacial score (nSPS) is 14.3. The van der Waals surface area contributed by atoms with Crippen molar-refractivity contribution in [3.63, 3.8) is 0 Å². The molecule has 3 nitrogen and oxygen atoms in total. The van der Waals surface area contributed by atoms with E-state index >= 15 is 0 Å². The highest BCUT2D eigenvalue weighted by atomic mass is 32.1. The number of rotatable bonds is 9. The molecule has 0 radical (unpaired) electrons. The maximum atomic E-state index is 5.56. The summed E-state index contributed by atoms with van der Waals surface area (Å²) in [5.41, 5.74) is 3.70. The molecule has 0 aliphatic carbocycles. The van der Waals surface area contributed by atoms with Crippen LogP contribution in [0.4, 0.5) is 0 Å². The summed E-state index contributed by atoms with van der Waals surface area (Å²) in [4.78, 5) is 0. The van der Waals surface area contributed by atoms with Gasteiger partial charge in [0.25, 0.3) is 0 Å². The molecule has 0 saturated heterocycles. The zero-order valence-corrected chi connectivity index (χ0v) is 18.2. The second kappa shape index (κ2) is 9.93. The van der Waals surface area contributed by atoms with Gasteiger partial charge in [-0.05, 0) is 60.9 Å². The zero-order valence-electron chi connectivity index (χ0n) is 17.3. The van der Waals surface area contributed by atoms with Crippen LogP contribution in [0.1, 0.15) is 42.7 Å². The predicted octanol–water partition coefficient (Wildman–Crippen LogP) is 5.76. The Morgan fingerprint density at radius 1 is 0.704 bits per heavy atom. The van der Waals surface area contributed by atoms with Gasteiger partial charge in [-0.25, -0.2) is 0 Å². The van der Waals surface area contributed by atoms with E-state index in [1.165, 1.54) is 11.1 Å². The minimum absolute atomic E-state index is 0.162. The Morgan fingerprint density at radius 3 is 1.67 bits per heavy atom. The first-order valence-corrected chi connectivity index (χ1v) is 9.97.